The molecule has 0 saturated carbocycles. The van der Waals surface area contributed by atoms with E-state index in [1.54, 1.807) is 34.8 Å². The van der Waals surface area contributed by atoms with E-state index in [0.29, 0.717) is 0 Å². The molecule has 0 aliphatic rings. The minimum atomic E-state index is -1.22. The Balaban J connectivity index is 1.10. The number of fused-ring (bicyclic) bond motifs is 3. The molecule has 7 heterocycles. The van der Waals surface area contributed by atoms with E-state index in [4.69, 9.17) is 0 Å². The van der Waals surface area contributed by atoms with Crippen LogP contribution in [0.1, 0.15) is 119 Å². The number of hydrogen-bond acceptors (Lipinski definition) is 10. The number of unbranched alkanes of at least 4 members (excludes halogenated alkanes) is 9. The Bertz CT molecular complexity index is 3410. The van der Waals surface area contributed by atoms with Crippen molar-refractivity contribution in [3.8, 4) is 72.0 Å². The highest BCUT2D eigenvalue weighted by Gasteiger charge is 2.21. The van der Waals surface area contributed by atoms with Gasteiger partial charge in [0.15, 0.2) is 0 Å². The number of benzene rings is 2. The molecular formula is C62H59N3O4S6. The van der Waals surface area contributed by atoms with Gasteiger partial charge in [0.1, 0.15) is 23.3 Å². The maximum atomic E-state index is 11.5. The van der Waals surface area contributed by atoms with Crippen LogP contribution in [0.15, 0.2) is 108 Å². The number of carboxylic acid groups (broad SMARTS) is 2. The first-order chi connectivity index (χ1) is 36.6. The molecule has 9 aromatic rings. The number of nitrogens with zero attached hydrogens (tertiary/aromatic N) is 3. The van der Waals surface area contributed by atoms with Gasteiger partial charge in [0.05, 0.1) is 0 Å². The van der Waals surface area contributed by atoms with Crippen LogP contribution in [0, 0.1) is 22.7 Å². The second-order valence-corrected chi connectivity index (χ2v) is 25.4. The molecule has 0 atom stereocenters. The monoisotopic (exact) mass is 1100 g/mol. The molecule has 0 aliphatic heterocycles. The third-order valence-electron chi connectivity index (χ3n) is 13.6. The van der Waals surface area contributed by atoms with Crippen molar-refractivity contribution >= 4 is 114 Å². The van der Waals surface area contributed by atoms with E-state index in [9.17, 15) is 30.3 Å². The molecule has 7 aromatic heterocycles. The van der Waals surface area contributed by atoms with Crippen LogP contribution in [0.4, 0.5) is 0 Å². The lowest BCUT2D eigenvalue weighted by molar-refractivity contribution is -0.133. The second-order valence-electron chi connectivity index (χ2n) is 18.9. The second kappa shape index (κ2) is 25.1. The Kier molecular flexibility index (Phi) is 18.0. The van der Waals surface area contributed by atoms with Gasteiger partial charge in [-0.25, -0.2) is 9.59 Å². The Morgan fingerprint density at radius 2 is 0.853 bits per heavy atom. The SMILES string of the molecule is CCCCCCc1cc(-c2ccc(-c3ccc(/C=C(\C#N)C(=O)O)s3)s2)sc1-c1ccc2c(c1)c1cc(-c3sc(-c4ccc(-c5ccc(/C=C(\C#N)C(=O)O)s5)s4)cc3CCCCCC)ccc1n2CCCCCC. The fraction of sp³-hybridized carbons (Fsp3) is 0.290. The summed E-state index contributed by atoms with van der Waals surface area (Å²) in [6, 6.07) is 39.3. The van der Waals surface area contributed by atoms with E-state index in [0.717, 1.165) is 67.9 Å². The van der Waals surface area contributed by atoms with Crippen molar-refractivity contribution in [2.45, 2.75) is 117 Å². The number of carboxylic acids is 2. The molecule has 382 valence electrons. The Hall–Kier alpha value is -6.16. The summed E-state index contributed by atoms with van der Waals surface area (Å²) >= 11 is 10.3. The first kappa shape index (κ1) is 53.7. The first-order valence-electron chi connectivity index (χ1n) is 26.0. The maximum Gasteiger partial charge on any atom is 0.346 e. The van der Waals surface area contributed by atoms with E-state index >= 15 is 0 Å². The largest absolute Gasteiger partial charge is 0.477 e. The summed E-state index contributed by atoms with van der Waals surface area (Å²) in [5.41, 5.74) is 7.30. The highest BCUT2D eigenvalue weighted by atomic mass is 32.1. The van der Waals surface area contributed by atoms with Gasteiger partial charge in [0, 0.05) is 86.9 Å². The molecule has 0 radical (unpaired) electrons. The van der Waals surface area contributed by atoms with Crippen LogP contribution in [-0.4, -0.2) is 26.7 Å². The molecule has 0 amide bonds. The molecule has 13 heteroatoms. The van der Waals surface area contributed by atoms with Crippen molar-refractivity contribution in [3.63, 3.8) is 0 Å². The van der Waals surface area contributed by atoms with E-state index < -0.39 is 11.9 Å². The molecular weight excluding hydrogens is 1040 g/mol. The Labute approximate surface area is 463 Å². The van der Waals surface area contributed by atoms with Gasteiger partial charge in [0.2, 0.25) is 0 Å². The van der Waals surface area contributed by atoms with Gasteiger partial charge in [0.25, 0.3) is 0 Å². The summed E-state index contributed by atoms with van der Waals surface area (Å²) in [7, 11) is 0. The third-order valence-corrected chi connectivity index (χ3v) is 21.0. The average molecular weight is 1100 g/mol. The lowest BCUT2D eigenvalue weighted by Crippen LogP contribution is -1.97. The molecule has 0 fully saturated rings. The molecule has 2 aromatic carbocycles. The fourth-order valence-electron chi connectivity index (χ4n) is 9.67. The standard InChI is InChI=1S/C62H59N3O4S6/c1-4-7-10-13-16-39-35-57(55-28-26-53(72-55)51-24-20-45(70-51)31-43(37-63)61(66)67)74-59(39)41-18-22-49-47(33-41)48-34-42(19-23-50(48)65(49)30-15-12-9-6-3)60-40(17-14-11-8-5-2)36-58(75-60)56-29-27-54(73-56)52-25-21-46(71-52)32-44(38-64)62(68)69/h18-29,31-36H,4-17,30H2,1-3H3,(H,66,67)(H,68,69)/b43-31+,44-32+. The van der Waals surface area contributed by atoms with E-state index in [-0.39, 0.29) is 11.1 Å². The highest BCUT2D eigenvalue weighted by molar-refractivity contribution is 7.28. The normalized spacial score (nSPS) is 12.0. The summed E-state index contributed by atoms with van der Waals surface area (Å²) in [5.74, 6) is -2.44. The minimum absolute atomic E-state index is 0.271. The molecule has 2 N–H and O–H groups in total. The van der Waals surface area contributed by atoms with Gasteiger partial charge in [-0.05, 0) is 151 Å². The van der Waals surface area contributed by atoms with Gasteiger partial charge < -0.3 is 14.8 Å². The van der Waals surface area contributed by atoms with Gasteiger partial charge in [-0.3, -0.25) is 0 Å². The predicted octanol–water partition coefficient (Wildman–Crippen LogP) is 20.0. The van der Waals surface area contributed by atoms with Crippen molar-refractivity contribution in [2.24, 2.45) is 0 Å². The smallest absolute Gasteiger partial charge is 0.346 e. The molecule has 0 saturated heterocycles. The minimum Gasteiger partial charge on any atom is -0.477 e. The zero-order chi connectivity index (χ0) is 52.4. The van der Waals surface area contributed by atoms with Crippen molar-refractivity contribution < 1.29 is 19.8 Å². The van der Waals surface area contributed by atoms with Crippen molar-refractivity contribution in [2.75, 3.05) is 0 Å². The van der Waals surface area contributed by atoms with Crippen LogP contribution in [0.25, 0.3) is 93.9 Å². The number of thiophene rings is 6. The van der Waals surface area contributed by atoms with Crippen LogP contribution in [0.5, 0.6) is 0 Å². The number of aliphatic carboxylic acids is 2. The maximum absolute atomic E-state index is 11.5. The lowest BCUT2D eigenvalue weighted by atomic mass is 10.00. The van der Waals surface area contributed by atoms with Gasteiger partial charge in [-0.2, -0.15) is 10.5 Å². The summed E-state index contributed by atoms with van der Waals surface area (Å²) in [5, 5.41) is 40.1. The molecule has 9 rings (SSSR count). The molecule has 0 bridgehead atoms. The third kappa shape index (κ3) is 12.4. The van der Waals surface area contributed by atoms with Crippen LogP contribution < -0.4 is 0 Å². The molecule has 0 aliphatic carbocycles. The van der Waals surface area contributed by atoms with E-state index in [1.807, 2.05) is 46.9 Å². The summed E-state index contributed by atoms with van der Waals surface area (Å²) in [6.07, 6.45) is 19.2. The predicted molar refractivity (Wildman–Crippen MR) is 322 cm³/mol. The number of aromatic nitrogens is 1. The van der Waals surface area contributed by atoms with E-state index in [1.165, 1.54) is 166 Å². The number of carbonyl (C=O) groups is 2. The number of hydrogen-bond donors (Lipinski definition) is 2. The van der Waals surface area contributed by atoms with Crippen LogP contribution in [0.2, 0.25) is 0 Å². The molecule has 75 heavy (non-hydrogen) atoms. The van der Waals surface area contributed by atoms with Crippen LogP contribution in [0.3, 0.4) is 0 Å². The zero-order valence-electron chi connectivity index (χ0n) is 42.5. The van der Waals surface area contributed by atoms with E-state index in [2.05, 4.69) is 98.1 Å². The van der Waals surface area contributed by atoms with Crippen molar-refractivity contribution in [1.29, 1.82) is 10.5 Å². The highest BCUT2D eigenvalue weighted by Crippen LogP contribution is 2.48. The van der Waals surface area contributed by atoms with Gasteiger partial charge in [-0.1, -0.05) is 90.7 Å². The number of aryl methyl sites for hydroxylation is 3. The number of nitriles is 2. The Morgan fingerprint density at radius 3 is 1.25 bits per heavy atom. The summed E-state index contributed by atoms with van der Waals surface area (Å²) in [4.78, 5) is 36.4. The quantitative estimate of drug-likeness (QED) is 0.0333. The summed E-state index contributed by atoms with van der Waals surface area (Å²) < 4.78 is 2.56. The first-order valence-corrected chi connectivity index (χ1v) is 30.9. The van der Waals surface area contributed by atoms with Gasteiger partial charge >= 0.3 is 11.9 Å². The molecule has 0 unspecified atom stereocenters. The van der Waals surface area contributed by atoms with Crippen LogP contribution >= 0.6 is 68.0 Å². The Morgan fingerprint density at radius 1 is 0.467 bits per heavy atom. The van der Waals surface area contributed by atoms with Crippen molar-refractivity contribution in [1.82, 2.24) is 4.57 Å². The summed E-state index contributed by atoms with van der Waals surface area (Å²) in [6.45, 7) is 7.77. The lowest BCUT2D eigenvalue weighted by Gasteiger charge is -2.09. The zero-order valence-corrected chi connectivity index (χ0v) is 47.4. The topological polar surface area (TPSA) is 127 Å². The fourth-order valence-corrected chi connectivity index (χ4v) is 16.3. The molecule has 7 nitrogen and oxygen atoms in total. The molecule has 0 spiro atoms. The number of rotatable bonds is 25. The van der Waals surface area contributed by atoms with Crippen LogP contribution in [-0.2, 0) is 29.0 Å². The average Bonchev–Trinajstić information content (AvgIpc) is 4.29. The van der Waals surface area contributed by atoms with Gasteiger partial charge in [-0.15, -0.1) is 68.0 Å². The van der Waals surface area contributed by atoms with Crippen molar-refractivity contribution in [3.05, 3.63) is 129 Å².